The molecule has 1 heterocycles. The molecule has 0 saturated carbocycles. The maximum absolute atomic E-state index is 12.4. The van der Waals surface area contributed by atoms with Gasteiger partial charge in [0.05, 0.1) is 5.25 Å². The number of rotatable bonds is 8. The van der Waals surface area contributed by atoms with Crippen molar-refractivity contribution < 1.29 is 9.59 Å². The molecule has 1 atom stereocenters. The molecule has 0 spiro atoms. The summed E-state index contributed by atoms with van der Waals surface area (Å²) in [6.45, 7) is 4.40. The lowest BCUT2D eigenvalue weighted by atomic mass is 10.3. The highest BCUT2D eigenvalue weighted by Crippen LogP contribution is 2.24. The smallest absolute Gasteiger partial charge is 0.237 e. The van der Waals surface area contributed by atoms with Crippen LogP contribution in [-0.4, -0.2) is 31.8 Å². The fourth-order valence-electron chi connectivity index (χ4n) is 2.17. The summed E-state index contributed by atoms with van der Waals surface area (Å²) in [7, 11) is 0. The van der Waals surface area contributed by atoms with Crippen molar-refractivity contribution in [1.82, 2.24) is 14.8 Å². The van der Waals surface area contributed by atoms with Gasteiger partial charge in [-0.05, 0) is 32.0 Å². The zero-order valence-electron chi connectivity index (χ0n) is 14.0. The van der Waals surface area contributed by atoms with Crippen LogP contribution in [-0.2, 0) is 22.6 Å². The molecule has 1 aromatic carbocycles. The topological polar surface area (TPSA) is 103 Å². The molecular weight excluding hydrogens is 362 g/mol. The summed E-state index contributed by atoms with van der Waals surface area (Å²) in [5.74, 6) is 0.150. The SMILES string of the molecule is CCn1c(CCC(N)=O)nnc1S[C@@H](C)C(=O)Nc1cccc(Cl)c1. The maximum Gasteiger partial charge on any atom is 0.237 e. The molecule has 9 heteroatoms. The number of hydrogen-bond donors (Lipinski definition) is 2. The quantitative estimate of drug-likeness (QED) is 0.684. The van der Waals surface area contributed by atoms with E-state index in [2.05, 4.69) is 15.5 Å². The molecule has 0 unspecified atom stereocenters. The second-order valence-electron chi connectivity index (χ2n) is 5.37. The molecule has 25 heavy (non-hydrogen) atoms. The number of carbonyl (C=O) groups excluding carboxylic acids is 2. The number of hydrogen-bond acceptors (Lipinski definition) is 5. The largest absolute Gasteiger partial charge is 0.370 e. The minimum absolute atomic E-state index is 0.156. The van der Waals surface area contributed by atoms with Gasteiger partial charge in [-0.15, -0.1) is 10.2 Å². The number of benzene rings is 1. The number of halogens is 1. The van der Waals surface area contributed by atoms with E-state index in [1.165, 1.54) is 11.8 Å². The molecule has 0 saturated heterocycles. The van der Waals surface area contributed by atoms with Gasteiger partial charge in [-0.2, -0.15) is 0 Å². The third kappa shape index (κ3) is 5.47. The van der Waals surface area contributed by atoms with Crippen molar-refractivity contribution in [2.45, 2.75) is 43.6 Å². The predicted molar refractivity (Wildman–Crippen MR) is 98.6 cm³/mol. The summed E-state index contributed by atoms with van der Waals surface area (Å²) in [5.41, 5.74) is 5.82. The summed E-state index contributed by atoms with van der Waals surface area (Å²) in [6, 6.07) is 6.98. The van der Waals surface area contributed by atoms with Gasteiger partial charge in [-0.25, -0.2) is 0 Å². The van der Waals surface area contributed by atoms with Gasteiger partial charge in [0.25, 0.3) is 0 Å². The Kier molecular flexibility index (Phi) is 6.83. The van der Waals surface area contributed by atoms with E-state index in [1.54, 1.807) is 31.2 Å². The second kappa shape index (κ2) is 8.87. The zero-order valence-corrected chi connectivity index (χ0v) is 15.6. The van der Waals surface area contributed by atoms with Crippen LogP contribution in [0.3, 0.4) is 0 Å². The number of thioether (sulfide) groups is 1. The van der Waals surface area contributed by atoms with Gasteiger partial charge in [0.15, 0.2) is 5.16 Å². The van der Waals surface area contributed by atoms with Crippen molar-refractivity contribution >= 4 is 40.9 Å². The molecule has 0 radical (unpaired) electrons. The van der Waals surface area contributed by atoms with Crippen LogP contribution in [0.1, 0.15) is 26.1 Å². The van der Waals surface area contributed by atoms with E-state index >= 15 is 0 Å². The highest BCUT2D eigenvalue weighted by molar-refractivity contribution is 8.00. The minimum Gasteiger partial charge on any atom is -0.370 e. The number of anilines is 1. The first kappa shape index (κ1) is 19.3. The standard InChI is InChI=1S/C16H20ClN5O2S/c1-3-22-14(8-7-13(18)23)20-21-16(22)25-10(2)15(24)19-12-6-4-5-11(17)9-12/h4-6,9-10H,3,7-8H2,1-2H3,(H2,18,23)(H,19,24)/t10-/m0/s1. The Morgan fingerprint density at radius 1 is 1.40 bits per heavy atom. The van der Waals surface area contributed by atoms with Crippen molar-refractivity contribution in [2.24, 2.45) is 5.73 Å². The van der Waals surface area contributed by atoms with Gasteiger partial charge < -0.3 is 15.6 Å². The van der Waals surface area contributed by atoms with E-state index in [-0.39, 0.29) is 23.5 Å². The Balaban J connectivity index is 2.02. The van der Waals surface area contributed by atoms with Crippen molar-refractivity contribution in [1.29, 1.82) is 0 Å². The molecule has 0 bridgehead atoms. The molecular formula is C16H20ClN5O2S. The number of carbonyl (C=O) groups is 2. The number of nitrogens with one attached hydrogen (secondary N) is 1. The maximum atomic E-state index is 12.4. The first-order valence-electron chi connectivity index (χ1n) is 7.84. The number of nitrogens with two attached hydrogens (primary N) is 1. The first-order chi connectivity index (χ1) is 11.9. The van der Waals surface area contributed by atoms with E-state index in [0.717, 1.165) is 0 Å². The number of nitrogens with zero attached hydrogens (tertiary/aromatic N) is 3. The normalized spacial score (nSPS) is 12.0. The number of aromatic nitrogens is 3. The van der Waals surface area contributed by atoms with Gasteiger partial charge in [-0.1, -0.05) is 29.4 Å². The van der Waals surface area contributed by atoms with Crippen LogP contribution in [0.4, 0.5) is 5.69 Å². The summed E-state index contributed by atoms with van der Waals surface area (Å²) >= 11 is 7.23. The lowest BCUT2D eigenvalue weighted by molar-refractivity contribution is -0.118. The van der Waals surface area contributed by atoms with Crippen LogP contribution >= 0.6 is 23.4 Å². The highest BCUT2D eigenvalue weighted by atomic mass is 35.5. The minimum atomic E-state index is -0.380. The molecule has 0 aliphatic heterocycles. The van der Waals surface area contributed by atoms with E-state index < -0.39 is 0 Å². The van der Waals surface area contributed by atoms with Crippen LogP contribution in [0.5, 0.6) is 0 Å². The molecule has 2 rings (SSSR count). The van der Waals surface area contributed by atoms with E-state index in [1.807, 2.05) is 11.5 Å². The third-order valence-corrected chi connectivity index (χ3v) is 4.76. The molecule has 0 aliphatic carbocycles. The summed E-state index contributed by atoms with van der Waals surface area (Å²) in [4.78, 5) is 23.3. The Labute approximate surface area is 155 Å². The summed E-state index contributed by atoms with van der Waals surface area (Å²) < 4.78 is 1.89. The van der Waals surface area contributed by atoms with E-state index in [9.17, 15) is 9.59 Å². The molecule has 134 valence electrons. The summed E-state index contributed by atoms with van der Waals surface area (Å²) in [5, 5.41) is 11.9. The lowest BCUT2D eigenvalue weighted by Gasteiger charge is -2.13. The monoisotopic (exact) mass is 381 g/mol. The molecule has 7 nitrogen and oxygen atoms in total. The average Bonchev–Trinajstić information content (AvgIpc) is 2.94. The van der Waals surface area contributed by atoms with Crippen molar-refractivity contribution in [3.8, 4) is 0 Å². The molecule has 0 fully saturated rings. The lowest BCUT2D eigenvalue weighted by Crippen LogP contribution is -2.23. The predicted octanol–water partition coefficient (Wildman–Crippen LogP) is 2.49. The van der Waals surface area contributed by atoms with Crippen LogP contribution < -0.4 is 11.1 Å². The number of primary amides is 1. The number of amides is 2. The fraction of sp³-hybridized carbons (Fsp3) is 0.375. The van der Waals surface area contributed by atoms with Crippen LogP contribution in [0.2, 0.25) is 5.02 Å². The molecule has 0 aliphatic rings. The fourth-order valence-corrected chi connectivity index (χ4v) is 3.29. The van der Waals surface area contributed by atoms with Gasteiger partial charge in [0, 0.05) is 30.1 Å². The zero-order chi connectivity index (χ0) is 18.4. The molecule has 1 aromatic heterocycles. The average molecular weight is 382 g/mol. The Bertz CT molecular complexity index is 765. The first-order valence-corrected chi connectivity index (χ1v) is 9.10. The molecule has 2 aromatic rings. The Morgan fingerprint density at radius 3 is 2.80 bits per heavy atom. The van der Waals surface area contributed by atoms with Gasteiger partial charge in [0.1, 0.15) is 5.82 Å². The van der Waals surface area contributed by atoms with Crippen LogP contribution in [0, 0.1) is 0 Å². The second-order valence-corrected chi connectivity index (χ2v) is 7.11. The molecule has 2 amide bonds. The van der Waals surface area contributed by atoms with Crippen LogP contribution in [0.15, 0.2) is 29.4 Å². The van der Waals surface area contributed by atoms with E-state index in [0.29, 0.717) is 34.7 Å². The van der Waals surface area contributed by atoms with Gasteiger partial charge in [0.2, 0.25) is 11.8 Å². The number of aryl methyl sites for hydroxylation is 1. The van der Waals surface area contributed by atoms with Crippen molar-refractivity contribution in [2.75, 3.05) is 5.32 Å². The Hall–Kier alpha value is -2.06. The highest BCUT2D eigenvalue weighted by Gasteiger charge is 2.20. The van der Waals surface area contributed by atoms with E-state index in [4.69, 9.17) is 17.3 Å². The van der Waals surface area contributed by atoms with Gasteiger partial charge >= 0.3 is 0 Å². The third-order valence-electron chi connectivity index (χ3n) is 3.45. The molecule has 3 N–H and O–H groups in total. The van der Waals surface area contributed by atoms with Gasteiger partial charge in [-0.3, -0.25) is 9.59 Å². The Morgan fingerprint density at radius 2 is 2.16 bits per heavy atom. The summed E-state index contributed by atoms with van der Waals surface area (Å²) in [6.07, 6.45) is 0.646. The van der Waals surface area contributed by atoms with Crippen LogP contribution in [0.25, 0.3) is 0 Å². The van der Waals surface area contributed by atoms with Crippen molar-refractivity contribution in [3.05, 3.63) is 35.1 Å². The van der Waals surface area contributed by atoms with Crippen molar-refractivity contribution in [3.63, 3.8) is 0 Å².